The Morgan fingerprint density at radius 1 is 1.62 bits per heavy atom. The lowest BCUT2D eigenvalue weighted by molar-refractivity contribution is -0.137. The average molecular weight is 205 g/mol. The van der Waals surface area contributed by atoms with Gasteiger partial charge in [-0.05, 0) is 6.92 Å². The number of hydrogen-bond acceptors (Lipinski definition) is 3. The van der Waals surface area contributed by atoms with Crippen LogP contribution in [0.25, 0.3) is 0 Å². The van der Waals surface area contributed by atoms with Crippen molar-refractivity contribution in [3.05, 3.63) is 0 Å². The molecule has 0 rings (SSSR count). The third-order valence-electron chi connectivity index (χ3n) is 1.34. The quantitative estimate of drug-likeness (QED) is 0.605. The van der Waals surface area contributed by atoms with Crippen molar-refractivity contribution in [2.24, 2.45) is 0 Å². The summed E-state index contributed by atoms with van der Waals surface area (Å²) in [6, 6.07) is 0. The highest BCUT2D eigenvalue weighted by atomic mass is 32.2. The minimum atomic E-state index is -3.51. The first-order chi connectivity index (χ1) is 5.94. The molecule has 74 valence electrons. The van der Waals surface area contributed by atoms with Crippen LogP contribution >= 0.6 is 0 Å². The second-order valence-corrected chi connectivity index (χ2v) is 4.52. The van der Waals surface area contributed by atoms with Gasteiger partial charge in [-0.1, -0.05) is 5.92 Å². The molecule has 0 aromatic heterocycles. The lowest BCUT2D eigenvalue weighted by atomic mass is 10.6. The molecule has 0 fully saturated rings. The second kappa shape index (κ2) is 4.84. The Morgan fingerprint density at radius 3 is 2.46 bits per heavy atom. The minimum absolute atomic E-state index is 0.151. The summed E-state index contributed by atoms with van der Waals surface area (Å²) in [5, 5.41) is 8.39. The highest BCUT2D eigenvalue weighted by molar-refractivity contribution is 7.89. The Labute approximate surface area is 77.4 Å². The number of hydrogen-bond donors (Lipinski definition) is 1. The van der Waals surface area contributed by atoms with Crippen LogP contribution in [0, 0.1) is 12.3 Å². The van der Waals surface area contributed by atoms with Gasteiger partial charge in [-0.3, -0.25) is 4.79 Å². The number of rotatable bonds is 5. The van der Waals surface area contributed by atoms with Crippen LogP contribution in [0.2, 0.25) is 0 Å². The molecule has 0 aliphatic rings. The molecule has 1 N–H and O–H groups in total. The molecule has 0 aromatic carbocycles. The predicted molar refractivity (Wildman–Crippen MR) is 47.5 cm³/mol. The Hall–Kier alpha value is -1.06. The van der Waals surface area contributed by atoms with Gasteiger partial charge in [0, 0.05) is 0 Å². The summed E-state index contributed by atoms with van der Waals surface area (Å²) in [5.41, 5.74) is 0. The van der Waals surface area contributed by atoms with Gasteiger partial charge >= 0.3 is 5.97 Å². The Kier molecular flexibility index (Phi) is 4.45. The van der Waals surface area contributed by atoms with Gasteiger partial charge < -0.3 is 5.11 Å². The van der Waals surface area contributed by atoms with Gasteiger partial charge in [-0.2, -0.15) is 4.31 Å². The number of carboxylic acids is 1. The number of terminal acetylenes is 1. The molecule has 0 bridgehead atoms. The largest absolute Gasteiger partial charge is 0.480 e. The first-order valence-electron chi connectivity index (χ1n) is 3.57. The van der Waals surface area contributed by atoms with Crippen molar-refractivity contribution >= 4 is 16.0 Å². The van der Waals surface area contributed by atoms with E-state index in [2.05, 4.69) is 5.92 Å². The predicted octanol–water partition coefficient (Wildman–Crippen LogP) is -0.644. The SMILES string of the molecule is C#CCN(CC(=O)O)S(=O)(=O)CC. The molecule has 0 atom stereocenters. The summed E-state index contributed by atoms with van der Waals surface area (Å²) in [6.07, 6.45) is 4.91. The average Bonchev–Trinajstić information content (AvgIpc) is 2.03. The normalized spacial score (nSPS) is 11.2. The van der Waals surface area contributed by atoms with E-state index in [1.54, 1.807) is 0 Å². The van der Waals surface area contributed by atoms with Crippen molar-refractivity contribution in [1.29, 1.82) is 0 Å². The van der Waals surface area contributed by atoms with Crippen LogP contribution in [0.5, 0.6) is 0 Å². The molecule has 6 heteroatoms. The van der Waals surface area contributed by atoms with Crippen LogP contribution in [-0.2, 0) is 14.8 Å². The van der Waals surface area contributed by atoms with E-state index in [1.807, 2.05) is 0 Å². The third-order valence-corrected chi connectivity index (χ3v) is 3.11. The summed E-state index contributed by atoms with van der Waals surface area (Å²) >= 11 is 0. The van der Waals surface area contributed by atoms with Gasteiger partial charge in [-0.25, -0.2) is 8.42 Å². The van der Waals surface area contributed by atoms with Crippen molar-refractivity contribution < 1.29 is 18.3 Å². The zero-order valence-electron chi connectivity index (χ0n) is 7.23. The maximum atomic E-state index is 11.2. The van der Waals surface area contributed by atoms with E-state index < -0.39 is 22.5 Å². The summed E-state index contributed by atoms with van der Waals surface area (Å²) in [5.74, 6) is 0.731. The fourth-order valence-corrected chi connectivity index (χ4v) is 1.63. The number of carbonyl (C=O) groups is 1. The zero-order chi connectivity index (χ0) is 10.5. The van der Waals surface area contributed by atoms with E-state index in [0.29, 0.717) is 0 Å². The van der Waals surface area contributed by atoms with Crippen molar-refractivity contribution in [2.45, 2.75) is 6.92 Å². The van der Waals surface area contributed by atoms with Crippen LogP contribution < -0.4 is 0 Å². The van der Waals surface area contributed by atoms with Gasteiger partial charge in [0.2, 0.25) is 10.0 Å². The van der Waals surface area contributed by atoms with E-state index in [-0.39, 0.29) is 12.3 Å². The van der Waals surface area contributed by atoms with Crippen LogP contribution in [0.1, 0.15) is 6.92 Å². The molecule has 0 aliphatic carbocycles. The maximum absolute atomic E-state index is 11.2. The van der Waals surface area contributed by atoms with Crippen molar-refractivity contribution in [1.82, 2.24) is 4.31 Å². The van der Waals surface area contributed by atoms with Gasteiger partial charge in [0.15, 0.2) is 0 Å². The van der Waals surface area contributed by atoms with E-state index in [0.717, 1.165) is 4.31 Å². The van der Waals surface area contributed by atoms with E-state index in [9.17, 15) is 13.2 Å². The number of carboxylic acid groups (broad SMARTS) is 1. The highest BCUT2D eigenvalue weighted by Crippen LogP contribution is 1.99. The van der Waals surface area contributed by atoms with E-state index in [4.69, 9.17) is 11.5 Å². The molecule has 0 aromatic rings. The second-order valence-electron chi connectivity index (χ2n) is 2.27. The summed E-state index contributed by atoms with van der Waals surface area (Å²) in [6.45, 7) is 0.642. The summed E-state index contributed by atoms with van der Waals surface area (Å²) in [4.78, 5) is 10.3. The monoisotopic (exact) mass is 205 g/mol. The van der Waals surface area contributed by atoms with Gasteiger partial charge in [-0.15, -0.1) is 6.42 Å². The molecule has 0 unspecified atom stereocenters. The molecule has 5 nitrogen and oxygen atoms in total. The van der Waals surface area contributed by atoms with Crippen molar-refractivity contribution in [3.63, 3.8) is 0 Å². The maximum Gasteiger partial charge on any atom is 0.318 e. The molecule has 13 heavy (non-hydrogen) atoms. The smallest absolute Gasteiger partial charge is 0.318 e. The fraction of sp³-hybridized carbons (Fsp3) is 0.571. The number of sulfonamides is 1. The Bertz CT molecular complexity index is 314. The molecule has 0 saturated heterocycles. The van der Waals surface area contributed by atoms with E-state index in [1.165, 1.54) is 6.92 Å². The Balaban J connectivity index is 4.63. The molecule has 0 heterocycles. The van der Waals surface area contributed by atoms with Crippen molar-refractivity contribution in [3.8, 4) is 12.3 Å². The van der Waals surface area contributed by atoms with Crippen LogP contribution in [0.15, 0.2) is 0 Å². The standard InChI is InChI=1S/C7H11NO4S/c1-3-5-8(6-7(9)10)13(11,12)4-2/h1H,4-6H2,2H3,(H,9,10). The molecule has 0 radical (unpaired) electrons. The highest BCUT2D eigenvalue weighted by Gasteiger charge is 2.21. The van der Waals surface area contributed by atoms with Crippen LogP contribution in [-0.4, -0.2) is 42.6 Å². The van der Waals surface area contributed by atoms with Gasteiger partial charge in [0.1, 0.15) is 6.54 Å². The molecular formula is C7H11NO4S. The van der Waals surface area contributed by atoms with E-state index >= 15 is 0 Å². The molecular weight excluding hydrogens is 194 g/mol. The zero-order valence-corrected chi connectivity index (χ0v) is 8.04. The third kappa shape index (κ3) is 3.92. The minimum Gasteiger partial charge on any atom is -0.480 e. The van der Waals surface area contributed by atoms with Gasteiger partial charge in [0.25, 0.3) is 0 Å². The fourth-order valence-electron chi connectivity index (χ4n) is 0.688. The Morgan fingerprint density at radius 2 is 2.15 bits per heavy atom. The first kappa shape index (κ1) is 11.9. The lowest BCUT2D eigenvalue weighted by Crippen LogP contribution is -2.36. The molecule has 0 saturated carbocycles. The van der Waals surface area contributed by atoms with Crippen LogP contribution in [0.3, 0.4) is 0 Å². The van der Waals surface area contributed by atoms with Crippen molar-refractivity contribution in [2.75, 3.05) is 18.8 Å². The topological polar surface area (TPSA) is 74.7 Å². The van der Waals surface area contributed by atoms with Gasteiger partial charge in [0.05, 0.1) is 12.3 Å². The summed E-state index contributed by atoms with van der Waals surface area (Å²) in [7, 11) is -3.51. The molecule has 0 aliphatic heterocycles. The van der Waals surface area contributed by atoms with Crippen LogP contribution in [0.4, 0.5) is 0 Å². The molecule has 0 amide bonds. The molecule has 0 spiro atoms. The lowest BCUT2D eigenvalue weighted by Gasteiger charge is -2.15. The number of aliphatic carboxylic acids is 1. The first-order valence-corrected chi connectivity index (χ1v) is 5.18. The number of nitrogens with zero attached hydrogens (tertiary/aromatic N) is 1. The summed E-state index contributed by atoms with van der Waals surface area (Å²) < 4.78 is 23.1.